The van der Waals surface area contributed by atoms with Gasteiger partial charge in [-0.1, -0.05) is 72.8 Å². The maximum absolute atomic E-state index is 14.0. The summed E-state index contributed by atoms with van der Waals surface area (Å²) >= 11 is -1.36. The monoisotopic (exact) mass is 408 g/mol. The molecule has 0 saturated carbocycles. The van der Waals surface area contributed by atoms with Crippen molar-refractivity contribution in [2.75, 3.05) is 7.11 Å². The van der Waals surface area contributed by atoms with Gasteiger partial charge in [-0.15, -0.1) is 0 Å². The van der Waals surface area contributed by atoms with Crippen LogP contribution in [0.5, 0.6) is 5.75 Å². The molecule has 2 nitrogen and oxygen atoms in total. The van der Waals surface area contributed by atoms with Gasteiger partial charge >= 0.3 is 0 Å². The maximum Gasteiger partial charge on any atom is 0.174 e. The molecule has 0 heterocycles. The Kier molecular flexibility index (Phi) is 4.91. The van der Waals surface area contributed by atoms with Gasteiger partial charge < -0.3 is 9.29 Å². The van der Waals surface area contributed by atoms with E-state index in [0.717, 1.165) is 42.8 Å². The SMILES string of the molecule is COc1ccc([S+]([O-])c2c(-c3ccccc3)c3ccccc3c3ccccc23)cc1. The zero-order valence-corrected chi connectivity index (χ0v) is 17.4. The molecule has 0 N–H and O–H groups in total. The van der Waals surface area contributed by atoms with E-state index in [0.29, 0.717) is 0 Å². The van der Waals surface area contributed by atoms with Gasteiger partial charge in [-0.25, -0.2) is 0 Å². The first-order chi connectivity index (χ1) is 14.8. The minimum absolute atomic E-state index is 0.752. The van der Waals surface area contributed by atoms with Crippen LogP contribution in [-0.2, 0) is 11.2 Å². The number of fused-ring (bicyclic) bond motifs is 3. The largest absolute Gasteiger partial charge is 0.606 e. The first-order valence-corrected chi connectivity index (χ1v) is 11.0. The topological polar surface area (TPSA) is 32.3 Å². The van der Waals surface area contributed by atoms with Crippen LogP contribution in [0, 0.1) is 0 Å². The highest BCUT2D eigenvalue weighted by Crippen LogP contribution is 2.43. The fraction of sp³-hybridized carbons (Fsp3) is 0.0370. The van der Waals surface area contributed by atoms with Crippen LogP contribution in [0.15, 0.2) is 113 Å². The highest BCUT2D eigenvalue weighted by molar-refractivity contribution is 7.92. The second-order valence-corrected chi connectivity index (χ2v) is 8.52. The van der Waals surface area contributed by atoms with Crippen molar-refractivity contribution in [1.29, 1.82) is 0 Å². The van der Waals surface area contributed by atoms with E-state index in [1.54, 1.807) is 7.11 Å². The standard InChI is InChI=1S/C27H20O2S/c1-29-20-15-17-21(18-16-20)30(28)27-25-14-8-6-12-23(25)22-11-5-7-13-24(22)26(27)19-9-3-2-4-10-19/h2-18H,1H3. The van der Waals surface area contributed by atoms with Crippen molar-refractivity contribution < 1.29 is 9.29 Å². The van der Waals surface area contributed by atoms with E-state index >= 15 is 0 Å². The molecule has 5 aromatic carbocycles. The molecule has 3 heteroatoms. The summed E-state index contributed by atoms with van der Waals surface area (Å²) in [5.74, 6) is 0.752. The van der Waals surface area contributed by atoms with E-state index in [2.05, 4.69) is 42.5 Å². The van der Waals surface area contributed by atoms with Gasteiger partial charge in [0.15, 0.2) is 9.79 Å². The van der Waals surface area contributed by atoms with E-state index < -0.39 is 11.2 Å². The molecule has 0 radical (unpaired) electrons. The third kappa shape index (κ3) is 3.13. The fourth-order valence-corrected chi connectivity index (χ4v) is 5.42. The predicted octanol–water partition coefficient (Wildman–Crippen LogP) is 6.84. The number of benzene rings is 5. The van der Waals surface area contributed by atoms with E-state index in [9.17, 15) is 4.55 Å². The second kappa shape index (κ2) is 7.86. The average molecular weight is 409 g/mol. The number of hydrogen-bond donors (Lipinski definition) is 0. The van der Waals surface area contributed by atoms with Gasteiger partial charge in [0.2, 0.25) is 0 Å². The van der Waals surface area contributed by atoms with E-state index in [1.807, 2.05) is 60.7 Å². The lowest BCUT2D eigenvalue weighted by Gasteiger charge is -2.19. The molecule has 0 aliphatic heterocycles. The highest BCUT2D eigenvalue weighted by Gasteiger charge is 2.26. The Morgan fingerprint density at radius 2 is 1.13 bits per heavy atom. The van der Waals surface area contributed by atoms with Crippen LogP contribution >= 0.6 is 0 Å². The van der Waals surface area contributed by atoms with Gasteiger partial charge in [-0.2, -0.15) is 0 Å². The number of rotatable bonds is 4. The van der Waals surface area contributed by atoms with Crippen molar-refractivity contribution in [3.63, 3.8) is 0 Å². The Hall–Kier alpha value is -3.27. The fourth-order valence-electron chi connectivity index (χ4n) is 4.01. The molecule has 0 aliphatic rings. The lowest BCUT2D eigenvalue weighted by molar-refractivity contribution is 0.414. The Bertz CT molecular complexity index is 1330. The minimum atomic E-state index is -1.36. The normalized spacial score (nSPS) is 12.2. The quantitative estimate of drug-likeness (QED) is 0.241. The van der Waals surface area contributed by atoms with Crippen LogP contribution in [0.2, 0.25) is 0 Å². The molecule has 1 unspecified atom stereocenters. The van der Waals surface area contributed by atoms with Crippen molar-refractivity contribution in [1.82, 2.24) is 0 Å². The van der Waals surface area contributed by atoms with Gasteiger partial charge in [0.25, 0.3) is 0 Å². The lowest BCUT2D eigenvalue weighted by Crippen LogP contribution is -2.06. The number of methoxy groups -OCH3 is 1. The maximum atomic E-state index is 14.0. The molecule has 0 amide bonds. The number of ether oxygens (including phenoxy) is 1. The summed E-state index contributed by atoms with van der Waals surface area (Å²) in [4.78, 5) is 1.61. The zero-order chi connectivity index (χ0) is 20.5. The van der Waals surface area contributed by atoms with Crippen LogP contribution in [-0.4, -0.2) is 11.7 Å². The van der Waals surface area contributed by atoms with Crippen LogP contribution in [0.25, 0.3) is 32.7 Å². The lowest BCUT2D eigenvalue weighted by atomic mass is 9.93. The molecule has 0 spiro atoms. The van der Waals surface area contributed by atoms with Gasteiger partial charge in [-0.05, 0) is 52.1 Å². The molecule has 0 aliphatic carbocycles. The molecule has 5 aromatic rings. The first kappa shape index (κ1) is 18.7. The molecule has 0 saturated heterocycles. The summed E-state index contributed by atoms with van der Waals surface area (Å²) in [6.45, 7) is 0. The Balaban J connectivity index is 1.88. The smallest absolute Gasteiger partial charge is 0.174 e. The highest BCUT2D eigenvalue weighted by atomic mass is 32.2. The van der Waals surface area contributed by atoms with Crippen molar-refractivity contribution in [2.45, 2.75) is 9.79 Å². The molecule has 0 fully saturated rings. The summed E-state index contributed by atoms with van der Waals surface area (Å²) in [6, 6.07) is 34.3. The molecular formula is C27H20O2S. The summed E-state index contributed by atoms with van der Waals surface area (Å²) in [5, 5.41) is 4.41. The van der Waals surface area contributed by atoms with E-state index in [1.165, 1.54) is 5.39 Å². The molecule has 1 atom stereocenters. The van der Waals surface area contributed by atoms with Crippen LogP contribution in [0.1, 0.15) is 0 Å². The Labute approximate surface area is 178 Å². The van der Waals surface area contributed by atoms with Crippen molar-refractivity contribution in [3.05, 3.63) is 103 Å². The molecule has 30 heavy (non-hydrogen) atoms. The Morgan fingerprint density at radius 3 is 1.77 bits per heavy atom. The second-order valence-electron chi connectivity index (χ2n) is 7.11. The summed E-state index contributed by atoms with van der Waals surface area (Å²) in [6.07, 6.45) is 0. The zero-order valence-electron chi connectivity index (χ0n) is 16.5. The van der Waals surface area contributed by atoms with Crippen molar-refractivity contribution in [2.24, 2.45) is 0 Å². The van der Waals surface area contributed by atoms with Crippen molar-refractivity contribution >= 4 is 32.7 Å². The first-order valence-electron chi connectivity index (χ1n) is 9.82. The van der Waals surface area contributed by atoms with E-state index in [4.69, 9.17) is 4.74 Å². The van der Waals surface area contributed by atoms with Crippen LogP contribution in [0.3, 0.4) is 0 Å². The third-order valence-electron chi connectivity index (χ3n) is 5.41. The van der Waals surface area contributed by atoms with Gasteiger partial charge in [-0.3, -0.25) is 0 Å². The van der Waals surface area contributed by atoms with Crippen LogP contribution in [0.4, 0.5) is 0 Å². The number of hydrogen-bond acceptors (Lipinski definition) is 2. The molecular weight excluding hydrogens is 388 g/mol. The molecule has 0 bridgehead atoms. The Morgan fingerprint density at radius 1 is 0.600 bits per heavy atom. The summed E-state index contributed by atoms with van der Waals surface area (Å²) < 4.78 is 19.2. The average Bonchev–Trinajstić information content (AvgIpc) is 2.83. The van der Waals surface area contributed by atoms with Crippen LogP contribution < -0.4 is 4.74 Å². The molecule has 0 aromatic heterocycles. The van der Waals surface area contributed by atoms with Gasteiger partial charge in [0, 0.05) is 22.1 Å². The van der Waals surface area contributed by atoms with Crippen molar-refractivity contribution in [3.8, 4) is 16.9 Å². The van der Waals surface area contributed by atoms with Gasteiger partial charge in [0.1, 0.15) is 5.75 Å². The molecule has 146 valence electrons. The van der Waals surface area contributed by atoms with Gasteiger partial charge in [0.05, 0.1) is 7.11 Å². The predicted molar refractivity (Wildman–Crippen MR) is 125 cm³/mol. The molecule has 5 rings (SSSR count). The van der Waals surface area contributed by atoms with E-state index in [-0.39, 0.29) is 0 Å². The minimum Gasteiger partial charge on any atom is -0.606 e. The summed E-state index contributed by atoms with van der Waals surface area (Å²) in [7, 11) is 1.64. The third-order valence-corrected chi connectivity index (χ3v) is 6.90. The summed E-state index contributed by atoms with van der Waals surface area (Å²) in [5.41, 5.74) is 2.09.